The van der Waals surface area contributed by atoms with E-state index in [0.29, 0.717) is 16.3 Å². The lowest BCUT2D eigenvalue weighted by Gasteiger charge is -2.15. The van der Waals surface area contributed by atoms with Crippen LogP contribution in [0.15, 0.2) is 18.2 Å². The number of nitrogens with two attached hydrogens (primary N) is 1. The van der Waals surface area contributed by atoms with E-state index in [1.165, 1.54) is 0 Å². The van der Waals surface area contributed by atoms with Crippen molar-refractivity contribution < 1.29 is 9.59 Å². The number of anilines is 1. The predicted molar refractivity (Wildman–Crippen MR) is 80.9 cm³/mol. The Bertz CT molecular complexity index is 491. The molecule has 0 saturated carbocycles. The number of rotatable bonds is 6. The molecular weight excluding hydrogens is 278 g/mol. The van der Waals surface area contributed by atoms with Gasteiger partial charge in [-0.15, -0.1) is 0 Å². The summed E-state index contributed by atoms with van der Waals surface area (Å²) in [6.45, 7) is 2.28. The highest BCUT2D eigenvalue weighted by molar-refractivity contribution is 6.33. The first-order chi connectivity index (χ1) is 9.53. The SMILES string of the molecule is CCCC(CN)C(=O)Nc1cc(C(=O)NC)ccc1Cl. The summed E-state index contributed by atoms with van der Waals surface area (Å²) in [6.07, 6.45) is 1.59. The van der Waals surface area contributed by atoms with Gasteiger partial charge < -0.3 is 16.4 Å². The number of carbonyl (C=O) groups is 2. The average Bonchev–Trinajstić information content (AvgIpc) is 2.45. The number of benzene rings is 1. The van der Waals surface area contributed by atoms with Crippen LogP contribution < -0.4 is 16.4 Å². The second-order valence-electron chi connectivity index (χ2n) is 4.48. The molecule has 1 aromatic rings. The molecule has 0 aliphatic heterocycles. The van der Waals surface area contributed by atoms with Crippen molar-refractivity contribution in [2.75, 3.05) is 18.9 Å². The Morgan fingerprint density at radius 1 is 1.40 bits per heavy atom. The van der Waals surface area contributed by atoms with Crippen LogP contribution in [0.5, 0.6) is 0 Å². The molecule has 1 unspecified atom stereocenters. The molecule has 0 aromatic heterocycles. The van der Waals surface area contributed by atoms with Crippen LogP contribution in [0.2, 0.25) is 5.02 Å². The number of amides is 2. The molecule has 1 rings (SSSR count). The molecule has 0 radical (unpaired) electrons. The summed E-state index contributed by atoms with van der Waals surface area (Å²) in [5, 5.41) is 5.64. The minimum Gasteiger partial charge on any atom is -0.355 e. The third kappa shape index (κ3) is 4.21. The summed E-state index contributed by atoms with van der Waals surface area (Å²) >= 11 is 6.04. The fraction of sp³-hybridized carbons (Fsp3) is 0.429. The van der Waals surface area contributed by atoms with Gasteiger partial charge in [0.05, 0.1) is 16.6 Å². The van der Waals surface area contributed by atoms with Gasteiger partial charge >= 0.3 is 0 Å². The van der Waals surface area contributed by atoms with Crippen LogP contribution in [0.1, 0.15) is 30.1 Å². The first kappa shape index (κ1) is 16.5. The summed E-state index contributed by atoms with van der Waals surface area (Å²) in [4.78, 5) is 23.7. The van der Waals surface area contributed by atoms with Crippen LogP contribution in [-0.2, 0) is 4.79 Å². The zero-order chi connectivity index (χ0) is 15.1. The Morgan fingerprint density at radius 2 is 2.10 bits per heavy atom. The van der Waals surface area contributed by atoms with Gasteiger partial charge in [0.2, 0.25) is 5.91 Å². The molecule has 5 nitrogen and oxygen atoms in total. The van der Waals surface area contributed by atoms with Crippen LogP contribution in [-0.4, -0.2) is 25.4 Å². The van der Waals surface area contributed by atoms with Gasteiger partial charge in [-0.05, 0) is 24.6 Å². The number of hydrogen-bond acceptors (Lipinski definition) is 3. The molecule has 2 amide bonds. The van der Waals surface area contributed by atoms with Crippen molar-refractivity contribution in [3.8, 4) is 0 Å². The van der Waals surface area contributed by atoms with Crippen molar-refractivity contribution in [2.45, 2.75) is 19.8 Å². The number of nitrogens with one attached hydrogen (secondary N) is 2. The topological polar surface area (TPSA) is 84.2 Å². The van der Waals surface area contributed by atoms with Gasteiger partial charge in [0.25, 0.3) is 5.91 Å². The summed E-state index contributed by atoms with van der Waals surface area (Å²) in [5.74, 6) is -0.661. The molecule has 0 heterocycles. The molecule has 1 atom stereocenters. The highest BCUT2D eigenvalue weighted by atomic mass is 35.5. The minimum absolute atomic E-state index is 0.176. The molecule has 20 heavy (non-hydrogen) atoms. The van der Waals surface area contributed by atoms with E-state index in [-0.39, 0.29) is 24.3 Å². The largest absolute Gasteiger partial charge is 0.355 e. The van der Waals surface area contributed by atoms with E-state index in [1.807, 2.05) is 6.92 Å². The van der Waals surface area contributed by atoms with E-state index in [9.17, 15) is 9.59 Å². The van der Waals surface area contributed by atoms with Crippen molar-refractivity contribution in [1.29, 1.82) is 0 Å². The van der Waals surface area contributed by atoms with Crippen molar-refractivity contribution in [1.82, 2.24) is 5.32 Å². The van der Waals surface area contributed by atoms with Gasteiger partial charge in [-0.2, -0.15) is 0 Å². The normalized spacial score (nSPS) is 11.8. The fourth-order valence-corrected chi connectivity index (χ4v) is 2.01. The van der Waals surface area contributed by atoms with Gasteiger partial charge in [-0.25, -0.2) is 0 Å². The maximum Gasteiger partial charge on any atom is 0.251 e. The second-order valence-corrected chi connectivity index (χ2v) is 4.89. The zero-order valence-corrected chi connectivity index (χ0v) is 12.5. The van der Waals surface area contributed by atoms with Crippen LogP contribution in [0, 0.1) is 5.92 Å². The molecule has 0 saturated heterocycles. The Hall–Kier alpha value is -1.59. The zero-order valence-electron chi connectivity index (χ0n) is 11.7. The molecule has 0 spiro atoms. The molecule has 4 N–H and O–H groups in total. The summed E-state index contributed by atoms with van der Waals surface area (Å²) in [6, 6.07) is 4.74. The lowest BCUT2D eigenvalue weighted by atomic mass is 10.0. The van der Waals surface area contributed by atoms with E-state index >= 15 is 0 Å². The Labute approximate surface area is 123 Å². The number of hydrogen-bond donors (Lipinski definition) is 3. The summed E-state index contributed by atoms with van der Waals surface area (Å²) in [7, 11) is 1.54. The van der Waals surface area contributed by atoms with E-state index in [4.69, 9.17) is 17.3 Å². The average molecular weight is 298 g/mol. The van der Waals surface area contributed by atoms with E-state index in [1.54, 1.807) is 25.2 Å². The monoisotopic (exact) mass is 297 g/mol. The molecule has 0 bridgehead atoms. The van der Waals surface area contributed by atoms with Crippen molar-refractivity contribution in [3.05, 3.63) is 28.8 Å². The standard InChI is InChI=1S/C14H20ClN3O2/c1-3-4-10(8-16)14(20)18-12-7-9(13(19)17-2)5-6-11(12)15/h5-7,10H,3-4,8,16H2,1-2H3,(H,17,19)(H,18,20). The molecule has 0 aliphatic rings. The lowest BCUT2D eigenvalue weighted by Crippen LogP contribution is -2.29. The third-order valence-corrected chi connectivity index (χ3v) is 3.34. The first-order valence-electron chi connectivity index (χ1n) is 6.56. The predicted octanol–water partition coefficient (Wildman–Crippen LogP) is 2.01. The maximum atomic E-state index is 12.1. The number of halogens is 1. The van der Waals surface area contributed by atoms with Gasteiger partial charge in [0, 0.05) is 19.2 Å². The quantitative estimate of drug-likeness (QED) is 0.751. The molecule has 6 heteroatoms. The van der Waals surface area contributed by atoms with Crippen molar-refractivity contribution in [2.24, 2.45) is 11.7 Å². The van der Waals surface area contributed by atoms with E-state index < -0.39 is 0 Å². The first-order valence-corrected chi connectivity index (χ1v) is 6.93. The van der Waals surface area contributed by atoms with Crippen LogP contribution in [0.25, 0.3) is 0 Å². The van der Waals surface area contributed by atoms with E-state index in [2.05, 4.69) is 10.6 Å². The fourth-order valence-electron chi connectivity index (χ4n) is 1.85. The van der Waals surface area contributed by atoms with Gasteiger partial charge in [-0.3, -0.25) is 9.59 Å². The third-order valence-electron chi connectivity index (χ3n) is 3.01. The smallest absolute Gasteiger partial charge is 0.251 e. The van der Waals surface area contributed by atoms with Crippen LogP contribution in [0.4, 0.5) is 5.69 Å². The minimum atomic E-state index is -0.250. The Balaban J connectivity index is 2.90. The molecule has 110 valence electrons. The Kier molecular flexibility index (Phi) is 6.48. The van der Waals surface area contributed by atoms with Crippen LogP contribution >= 0.6 is 11.6 Å². The maximum absolute atomic E-state index is 12.1. The van der Waals surface area contributed by atoms with Crippen molar-refractivity contribution >= 4 is 29.1 Å². The van der Waals surface area contributed by atoms with Crippen LogP contribution in [0.3, 0.4) is 0 Å². The van der Waals surface area contributed by atoms with Gasteiger partial charge in [0.1, 0.15) is 0 Å². The highest BCUT2D eigenvalue weighted by Gasteiger charge is 2.17. The van der Waals surface area contributed by atoms with E-state index in [0.717, 1.165) is 12.8 Å². The lowest BCUT2D eigenvalue weighted by molar-refractivity contribution is -0.119. The molecule has 1 aromatic carbocycles. The number of carbonyl (C=O) groups excluding carboxylic acids is 2. The van der Waals surface area contributed by atoms with Gasteiger partial charge in [0.15, 0.2) is 0 Å². The highest BCUT2D eigenvalue weighted by Crippen LogP contribution is 2.24. The summed E-state index contributed by atoms with van der Waals surface area (Å²) in [5.41, 5.74) is 6.45. The second kappa shape index (κ2) is 7.87. The summed E-state index contributed by atoms with van der Waals surface area (Å²) < 4.78 is 0. The molecular formula is C14H20ClN3O2. The molecule has 0 fully saturated rings. The Morgan fingerprint density at radius 3 is 2.65 bits per heavy atom. The van der Waals surface area contributed by atoms with Crippen molar-refractivity contribution in [3.63, 3.8) is 0 Å². The molecule has 0 aliphatic carbocycles. The van der Waals surface area contributed by atoms with Gasteiger partial charge in [-0.1, -0.05) is 24.9 Å².